The van der Waals surface area contributed by atoms with E-state index in [1.54, 1.807) is 59.3 Å². The lowest BCUT2D eigenvalue weighted by atomic mass is 10.1. The van der Waals surface area contributed by atoms with Gasteiger partial charge in [-0.3, -0.25) is 9.59 Å². The molecule has 2 aromatic heterocycles. The van der Waals surface area contributed by atoms with Crippen molar-refractivity contribution in [1.82, 2.24) is 24.2 Å². The smallest absolute Gasteiger partial charge is 0.490 e. The molecule has 0 radical (unpaired) electrons. The van der Waals surface area contributed by atoms with Gasteiger partial charge in [0.25, 0.3) is 11.8 Å². The number of rotatable bonds is 9. The summed E-state index contributed by atoms with van der Waals surface area (Å²) in [6, 6.07) is 13.5. The number of methoxy groups -OCH3 is 1. The van der Waals surface area contributed by atoms with E-state index in [1.807, 2.05) is 0 Å². The van der Waals surface area contributed by atoms with Crippen LogP contribution in [-0.2, 0) is 37.1 Å². The van der Waals surface area contributed by atoms with Gasteiger partial charge in [0.2, 0.25) is 0 Å². The molecular weight excluding hydrogens is 633 g/mol. The highest BCUT2D eigenvalue weighted by molar-refractivity contribution is 7.90. The fourth-order valence-electron chi connectivity index (χ4n) is 4.88. The number of anilines is 1. The maximum Gasteiger partial charge on any atom is 0.490 e. The van der Waals surface area contributed by atoms with E-state index in [-0.39, 0.29) is 30.2 Å². The average molecular weight is 661 g/mol. The Morgan fingerprint density at radius 1 is 1.02 bits per heavy atom. The lowest BCUT2D eigenvalue weighted by molar-refractivity contribution is -0.200. The van der Waals surface area contributed by atoms with Crippen molar-refractivity contribution >= 4 is 33.3 Å². The Balaban J connectivity index is 1.36. The molecule has 0 N–H and O–H groups in total. The van der Waals surface area contributed by atoms with Crippen LogP contribution in [0.15, 0.2) is 66.0 Å². The highest BCUT2D eigenvalue weighted by Gasteiger charge is 2.41. The van der Waals surface area contributed by atoms with E-state index in [9.17, 15) is 36.0 Å². The topological polar surface area (TPSA) is 146 Å². The van der Waals surface area contributed by atoms with Gasteiger partial charge in [-0.1, -0.05) is 0 Å². The van der Waals surface area contributed by atoms with Crippen molar-refractivity contribution in [3.05, 3.63) is 78.0 Å². The fraction of sp³-hybridized carbons (Fsp3) is 0.276. The molecule has 2 aromatic carbocycles. The number of sulfone groups is 1. The van der Waals surface area contributed by atoms with Crippen LogP contribution in [0, 0.1) is 0 Å². The van der Waals surface area contributed by atoms with Crippen molar-refractivity contribution in [3.8, 4) is 17.1 Å². The second kappa shape index (κ2) is 12.3. The molecule has 0 spiro atoms. The summed E-state index contributed by atoms with van der Waals surface area (Å²) in [5.74, 6) is -2.83. The van der Waals surface area contributed by atoms with E-state index in [1.165, 1.54) is 29.9 Å². The van der Waals surface area contributed by atoms with Crippen LogP contribution in [0.2, 0.25) is 0 Å². The van der Waals surface area contributed by atoms with Crippen molar-refractivity contribution < 1.29 is 45.4 Å². The minimum absolute atomic E-state index is 0.109. The van der Waals surface area contributed by atoms with Crippen molar-refractivity contribution in [2.24, 2.45) is 0 Å². The zero-order valence-electron chi connectivity index (χ0n) is 24.7. The number of carbonyl (C=O) groups excluding carboxylic acids is 3. The molecule has 0 aliphatic carbocycles. The number of esters is 1. The number of carbonyl (C=O) groups is 3. The predicted octanol–water partition coefficient (Wildman–Crippen LogP) is 2.74. The Kier molecular flexibility index (Phi) is 8.62. The summed E-state index contributed by atoms with van der Waals surface area (Å²) in [4.78, 5) is 43.9. The summed E-state index contributed by atoms with van der Waals surface area (Å²) in [5.41, 5.74) is 2.08. The highest BCUT2D eigenvalue weighted by atomic mass is 32.2. The maximum absolute atomic E-state index is 13.9. The quantitative estimate of drug-likeness (QED) is 0.248. The molecule has 1 aliphatic rings. The van der Waals surface area contributed by atoms with E-state index in [0.29, 0.717) is 34.2 Å². The number of ether oxygens (including phenoxy) is 2. The van der Waals surface area contributed by atoms with Crippen LogP contribution in [0.5, 0.6) is 5.75 Å². The Morgan fingerprint density at radius 3 is 2.26 bits per heavy atom. The fourth-order valence-corrected chi connectivity index (χ4v) is 5.76. The number of fused-ring (bicyclic) bond motifs is 1. The minimum atomic E-state index is -5.21. The number of halogens is 3. The molecule has 1 aliphatic heterocycles. The number of nitrogens with zero attached hydrogens (tertiary/aromatic N) is 6. The summed E-state index contributed by atoms with van der Waals surface area (Å²) < 4.78 is 74.5. The number of hydrogen-bond donors (Lipinski definition) is 0. The van der Waals surface area contributed by atoms with Gasteiger partial charge < -0.3 is 23.8 Å². The van der Waals surface area contributed by atoms with Crippen molar-refractivity contribution in [2.75, 3.05) is 38.5 Å². The zero-order chi connectivity index (χ0) is 33.4. The van der Waals surface area contributed by atoms with Gasteiger partial charge in [0.15, 0.2) is 21.5 Å². The third kappa shape index (κ3) is 6.44. The van der Waals surface area contributed by atoms with Crippen molar-refractivity contribution in [1.29, 1.82) is 0 Å². The first-order chi connectivity index (χ1) is 21.7. The predicted molar refractivity (Wildman–Crippen MR) is 156 cm³/mol. The molecule has 0 unspecified atom stereocenters. The van der Waals surface area contributed by atoms with Crippen molar-refractivity contribution in [2.45, 2.75) is 24.2 Å². The number of imidazole rings is 1. The van der Waals surface area contributed by atoms with Crippen LogP contribution in [0.1, 0.15) is 21.9 Å². The molecule has 13 nitrogen and oxygen atoms in total. The van der Waals surface area contributed by atoms with Gasteiger partial charge in [0, 0.05) is 49.2 Å². The van der Waals surface area contributed by atoms with Crippen LogP contribution < -0.4 is 9.64 Å². The number of hydrogen-bond acceptors (Lipinski definition) is 9. The summed E-state index contributed by atoms with van der Waals surface area (Å²) in [6.45, 7) is -0.994. The Morgan fingerprint density at radius 2 is 1.65 bits per heavy atom. The number of benzene rings is 2. The van der Waals surface area contributed by atoms with Gasteiger partial charge in [-0.05, 0) is 55.0 Å². The molecule has 17 heteroatoms. The van der Waals surface area contributed by atoms with Crippen molar-refractivity contribution in [3.63, 3.8) is 0 Å². The molecule has 4 aromatic rings. The molecule has 0 bridgehead atoms. The van der Waals surface area contributed by atoms with Gasteiger partial charge in [0.05, 0.1) is 19.3 Å². The zero-order valence-corrected chi connectivity index (χ0v) is 25.5. The minimum Gasteiger partial charge on any atom is -0.497 e. The second-order valence-electron chi connectivity index (χ2n) is 10.3. The van der Waals surface area contributed by atoms with E-state index in [2.05, 4.69) is 14.8 Å². The Bertz CT molecular complexity index is 1900. The second-order valence-corrected chi connectivity index (χ2v) is 12.2. The van der Waals surface area contributed by atoms with Crippen LogP contribution in [0.3, 0.4) is 0 Å². The Labute approximate surface area is 260 Å². The summed E-state index contributed by atoms with van der Waals surface area (Å²) in [6.07, 6.45) is -0.833. The third-order valence-electron chi connectivity index (χ3n) is 7.17. The Hall–Kier alpha value is -5.19. The van der Waals surface area contributed by atoms with Gasteiger partial charge in [-0.25, -0.2) is 22.9 Å². The van der Waals surface area contributed by atoms with Crippen LogP contribution >= 0.6 is 0 Å². The lowest BCUT2D eigenvalue weighted by Crippen LogP contribution is -2.39. The van der Waals surface area contributed by atoms with E-state index in [4.69, 9.17) is 4.74 Å². The molecule has 0 saturated carbocycles. The van der Waals surface area contributed by atoms with Crippen LogP contribution in [0.4, 0.5) is 18.9 Å². The summed E-state index contributed by atoms with van der Waals surface area (Å²) in [5, 5.41) is 4.16. The first-order valence-electron chi connectivity index (χ1n) is 13.6. The van der Waals surface area contributed by atoms with E-state index >= 15 is 0 Å². The van der Waals surface area contributed by atoms with Gasteiger partial charge in [-0.2, -0.15) is 18.3 Å². The number of aromatic nitrogens is 4. The number of amides is 2. The van der Waals surface area contributed by atoms with Gasteiger partial charge in [-0.15, -0.1) is 0 Å². The molecule has 3 heterocycles. The first kappa shape index (κ1) is 32.2. The molecule has 0 atom stereocenters. The third-order valence-corrected chi connectivity index (χ3v) is 8.20. The van der Waals surface area contributed by atoms with Crippen LogP contribution in [-0.4, -0.2) is 90.2 Å². The van der Waals surface area contributed by atoms with Gasteiger partial charge >= 0.3 is 12.1 Å². The maximum atomic E-state index is 13.9. The number of alkyl halides is 3. The number of likely N-dealkylation sites (N-methyl/N-ethyl adjacent to an activating group) is 1. The van der Waals surface area contributed by atoms with Crippen LogP contribution in [0.25, 0.3) is 11.4 Å². The molecule has 0 fully saturated rings. The lowest BCUT2D eigenvalue weighted by Gasteiger charge is -2.28. The first-order valence-corrected chi connectivity index (χ1v) is 15.5. The molecule has 2 amide bonds. The molecular formula is C29H27F3N6O7S. The summed E-state index contributed by atoms with van der Waals surface area (Å²) in [7, 11) is -0.900. The standard InChI is InChI=1S/C29H27F3N6O7S/c1-35(24(39)17-45-28(41)29(30,31)32)16-23-33-13-15-36(23)18-4-6-19(7-5-18)37-14-12-22-25(27(37)40)38(34-26(22)46(3,42)43)20-8-10-21(44-2)11-9-20/h4-11,13,15H,12,14,16-17H2,1-3H3. The SMILES string of the molecule is COc1ccc(-n2nc(S(C)(=O)=O)c3c2C(=O)N(c2ccc(-n4ccnc4CN(C)C(=O)COC(=O)C(F)(F)F)cc2)CC3)cc1. The monoisotopic (exact) mass is 660 g/mol. The molecule has 46 heavy (non-hydrogen) atoms. The normalized spacial score (nSPS) is 13.3. The highest BCUT2D eigenvalue weighted by Crippen LogP contribution is 2.31. The summed E-state index contributed by atoms with van der Waals surface area (Å²) >= 11 is 0. The molecule has 242 valence electrons. The largest absolute Gasteiger partial charge is 0.497 e. The average Bonchev–Trinajstić information content (AvgIpc) is 3.65. The van der Waals surface area contributed by atoms with E-state index < -0.39 is 40.4 Å². The van der Waals surface area contributed by atoms with Gasteiger partial charge in [0.1, 0.15) is 17.3 Å². The molecule has 5 rings (SSSR count). The van der Waals surface area contributed by atoms with E-state index in [0.717, 1.165) is 11.2 Å². The molecule has 0 saturated heterocycles.